The largest absolute Gasteiger partial charge is 0.350 e. The number of benzene rings is 1. The van der Waals surface area contributed by atoms with Crippen LogP contribution in [-0.4, -0.2) is 16.6 Å². The molecule has 4 heteroatoms. The number of hydrogen-bond donors (Lipinski definition) is 1. The molecule has 1 N–H and O–H groups in total. The first kappa shape index (κ1) is 13.6. The van der Waals surface area contributed by atoms with E-state index in [-0.39, 0.29) is 5.91 Å². The molecule has 2 rings (SSSR count). The van der Waals surface area contributed by atoms with Crippen molar-refractivity contribution in [3.8, 4) is 0 Å². The van der Waals surface area contributed by atoms with Crippen molar-refractivity contribution < 1.29 is 4.79 Å². The third kappa shape index (κ3) is 5.14. The molecule has 2 aromatic rings. The number of nitrogens with zero attached hydrogens (tertiary/aromatic N) is 1. The summed E-state index contributed by atoms with van der Waals surface area (Å²) in [6.45, 7) is 0.496. The SMILES string of the molecule is O=C(CCSc1ccccc1)NCc1ccccn1. The lowest BCUT2D eigenvalue weighted by atomic mass is 10.3. The molecule has 0 bridgehead atoms. The number of thioether (sulfide) groups is 1. The Balaban J connectivity index is 1.65. The van der Waals surface area contributed by atoms with Crippen LogP contribution in [0.1, 0.15) is 12.1 Å². The molecule has 0 spiro atoms. The molecule has 3 nitrogen and oxygen atoms in total. The summed E-state index contributed by atoms with van der Waals surface area (Å²) in [6, 6.07) is 15.8. The molecule has 0 fully saturated rings. The summed E-state index contributed by atoms with van der Waals surface area (Å²) in [5, 5.41) is 2.87. The van der Waals surface area contributed by atoms with E-state index in [0.717, 1.165) is 11.4 Å². The second-order valence-corrected chi connectivity index (χ2v) is 5.18. The van der Waals surface area contributed by atoms with E-state index in [1.54, 1.807) is 18.0 Å². The molecular formula is C15H16N2OS. The third-order valence-electron chi connectivity index (χ3n) is 2.53. The predicted octanol–water partition coefficient (Wildman–Crippen LogP) is 2.88. The molecule has 0 aliphatic rings. The van der Waals surface area contributed by atoms with Crippen LogP contribution in [0.25, 0.3) is 0 Å². The van der Waals surface area contributed by atoms with Gasteiger partial charge in [0, 0.05) is 23.3 Å². The van der Waals surface area contributed by atoms with E-state index < -0.39 is 0 Å². The lowest BCUT2D eigenvalue weighted by Gasteiger charge is -2.04. The number of rotatable bonds is 6. The highest BCUT2D eigenvalue weighted by atomic mass is 32.2. The van der Waals surface area contributed by atoms with E-state index in [1.165, 1.54) is 4.90 Å². The van der Waals surface area contributed by atoms with E-state index in [9.17, 15) is 4.79 Å². The van der Waals surface area contributed by atoms with Crippen LogP contribution in [0.2, 0.25) is 0 Å². The number of carbonyl (C=O) groups excluding carboxylic acids is 1. The molecule has 0 saturated heterocycles. The van der Waals surface area contributed by atoms with Gasteiger partial charge in [-0.1, -0.05) is 24.3 Å². The van der Waals surface area contributed by atoms with Crippen LogP contribution in [0, 0.1) is 0 Å². The van der Waals surface area contributed by atoms with E-state index in [1.807, 2.05) is 36.4 Å². The Hall–Kier alpha value is -1.81. The fourth-order valence-electron chi connectivity index (χ4n) is 1.56. The van der Waals surface area contributed by atoms with Crippen LogP contribution in [0.15, 0.2) is 59.6 Å². The summed E-state index contributed by atoms with van der Waals surface area (Å²) in [7, 11) is 0. The molecule has 1 aromatic carbocycles. The smallest absolute Gasteiger partial charge is 0.221 e. The van der Waals surface area contributed by atoms with Crippen molar-refractivity contribution in [3.05, 3.63) is 60.4 Å². The summed E-state index contributed by atoms with van der Waals surface area (Å²) in [6.07, 6.45) is 2.25. The maximum atomic E-state index is 11.7. The topological polar surface area (TPSA) is 42.0 Å². The molecular weight excluding hydrogens is 256 g/mol. The summed E-state index contributed by atoms with van der Waals surface area (Å²) in [5.41, 5.74) is 0.881. The van der Waals surface area contributed by atoms with Crippen molar-refractivity contribution in [2.24, 2.45) is 0 Å². The fraction of sp³-hybridized carbons (Fsp3) is 0.200. The highest BCUT2D eigenvalue weighted by molar-refractivity contribution is 7.99. The molecule has 0 aliphatic carbocycles. The molecule has 0 saturated carbocycles. The van der Waals surface area contributed by atoms with Crippen LogP contribution in [0.3, 0.4) is 0 Å². The lowest BCUT2D eigenvalue weighted by molar-refractivity contribution is -0.120. The Morgan fingerprint density at radius 1 is 1.11 bits per heavy atom. The number of nitrogens with one attached hydrogen (secondary N) is 1. The molecule has 1 heterocycles. The van der Waals surface area contributed by atoms with Gasteiger partial charge in [-0.3, -0.25) is 9.78 Å². The van der Waals surface area contributed by atoms with E-state index in [2.05, 4.69) is 22.4 Å². The van der Waals surface area contributed by atoms with Crippen LogP contribution in [0.5, 0.6) is 0 Å². The van der Waals surface area contributed by atoms with Gasteiger partial charge in [0.15, 0.2) is 0 Å². The van der Waals surface area contributed by atoms with Crippen LogP contribution in [-0.2, 0) is 11.3 Å². The summed E-state index contributed by atoms with van der Waals surface area (Å²) in [4.78, 5) is 17.0. The monoisotopic (exact) mass is 272 g/mol. The van der Waals surface area contributed by atoms with Crippen LogP contribution >= 0.6 is 11.8 Å². The number of amides is 1. The average molecular weight is 272 g/mol. The lowest BCUT2D eigenvalue weighted by Crippen LogP contribution is -2.23. The molecule has 1 aromatic heterocycles. The number of carbonyl (C=O) groups is 1. The van der Waals surface area contributed by atoms with Crippen molar-refractivity contribution in [2.75, 3.05) is 5.75 Å². The molecule has 19 heavy (non-hydrogen) atoms. The van der Waals surface area contributed by atoms with Crippen molar-refractivity contribution in [1.82, 2.24) is 10.3 Å². The Morgan fingerprint density at radius 2 is 1.89 bits per heavy atom. The van der Waals surface area contributed by atoms with E-state index >= 15 is 0 Å². The van der Waals surface area contributed by atoms with Gasteiger partial charge in [-0.2, -0.15) is 0 Å². The van der Waals surface area contributed by atoms with E-state index in [4.69, 9.17) is 0 Å². The van der Waals surface area contributed by atoms with Crippen molar-refractivity contribution in [1.29, 1.82) is 0 Å². The zero-order chi connectivity index (χ0) is 13.3. The summed E-state index contributed by atoms with van der Waals surface area (Å²) >= 11 is 1.69. The minimum atomic E-state index is 0.0640. The Kier molecular flexibility index (Phi) is 5.44. The van der Waals surface area contributed by atoms with Crippen molar-refractivity contribution in [3.63, 3.8) is 0 Å². The second-order valence-electron chi connectivity index (χ2n) is 4.01. The minimum Gasteiger partial charge on any atom is -0.350 e. The molecule has 1 amide bonds. The zero-order valence-corrected chi connectivity index (χ0v) is 11.4. The molecule has 0 unspecified atom stereocenters. The van der Waals surface area contributed by atoms with Crippen molar-refractivity contribution >= 4 is 17.7 Å². The number of pyridine rings is 1. The predicted molar refractivity (Wildman–Crippen MR) is 77.9 cm³/mol. The van der Waals surface area contributed by atoms with Gasteiger partial charge < -0.3 is 5.32 Å². The number of aromatic nitrogens is 1. The zero-order valence-electron chi connectivity index (χ0n) is 10.6. The average Bonchev–Trinajstić information content (AvgIpc) is 2.47. The first-order valence-corrected chi connectivity index (χ1v) is 7.17. The Morgan fingerprint density at radius 3 is 2.63 bits per heavy atom. The van der Waals surface area contributed by atoms with Crippen LogP contribution in [0.4, 0.5) is 0 Å². The quantitative estimate of drug-likeness (QED) is 0.822. The highest BCUT2D eigenvalue weighted by Gasteiger charge is 2.02. The Labute approximate surface area is 117 Å². The summed E-state index contributed by atoms with van der Waals surface area (Å²) < 4.78 is 0. The van der Waals surface area contributed by atoms with E-state index in [0.29, 0.717) is 13.0 Å². The first-order chi connectivity index (χ1) is 9.34. The Bertz CT molecular complexity index is 502. The van der Waals surface area contributed by atoms with Gasteiger partial charge in [0.25, 0.3) is 0 Å². The molecule has 0 aliphatic heterocycles. The second kappa shape index (κ2) is 7.59. The van der Waals surface area contributed by atoms with Gasteiger partial charge in [0.2, 0.25) is 5.91 Å². The fourth-order valence-corrected chi connectivity index (χ4v) is 2.43. The molecule has 0 radical (unpaired) electrons. The molecule has 0 atom stereocenters. The van der Waals surface area contributed by atoms with Gasteiger partial charge >= 0.3 is 0 Å². The van der Waals surface area contributed by atoms with Gasteiger partial charge in [0.1, 0.15) is 0 Å². The summed E-state index contributed by atoms with van der Waals surface area (Å²) in [5.74, 6) is 0.854. The maximum absolute atomic E-state index is 11.7. The first-order valence-electron chi connectivity index (χ1n) is 6.19. The number of hydrogen-bond acceptors (Lipinski definition) is 3. The van der Waals surface area contributed by atoms with Crippen molar-refractivity contribution in [2.45, 2.75) is 17.9 Å². The standard InChI is InChI=1S/C15H16N2OS/c18-15(17-12-13-6-4-5-10-16-13)9-11-19-14-7-2-1-3-8-14/h1-8,10H,9,11-12H2,(H,17,18). The normalized spacial score (nSPS) is 10.1. The maximum Gasteiger partial charge on any atom is 0.221 e. The minimum absolute atomic E-state index is 0.0640. The van der Waals surface area contributed by atoms with Gasteiger partial charge in [0.05, 0.1) is 12.2 Å². The van der Waals surface area contributed by atoms with Gasteiger partial charge in [-0.25, -0.2) is 0 Å². The third-order valence-corrected chi connectivity index (χ3v) is 3.55. The van der Waals surface area contributed by atoms with Gasteiger partial charge in [-0.05, 0) is 24.3 Å². The highest BCUT2D eigenvalue weighted by Crippen LogP contribution is 2.17. The molecule has 98 valence electrons. The van der Waals surface area contributed by atoms with Crippen LogP contribution < -0.4 is 5.32 Å². The van der Waals surface area contributed by atoms with Gasteiger partial charge in [-0.15, -0.1) is 11.8 Å².